The van der Waals surface area contributed by atoms with Crippen molar-refractivity contribution in [2.75, 3.05) is 26.2 Å². The molecule has 136 valence electrons. The molecule has 0 spiro atoms. The molecule has 2 unspecified atom stereocenters. The van der Waals surface area contributed by atoms with Gasteiger partial charge in [-0.15, -0.1) is 0 Å². The highest BCUT2D eigenvalue weighted by Crippen LogP contribution is 2.16. The lowest BCUT2D eigenvalue weighted by molar-refractivity contribution is -0.139. The summed E-state index contributed by atoms with van der Waals surface area (Å²) in [6, 6.07) is 9.82. The standard InChI is InChI=1S/C19H30N2O2.ClH/c1-4-21(16(2)15-23-18-11-7-5-8-12-18)19(22)17(3)20-13-9-6-10-14-20;/h5,7-8,11-12,16-17H,4,6,9-10,13-15H2,1-3H3;1H/p-1. The van der Waals surface area contributed by atoms with Crippen molar-refractivity contribution >= 4 is 5.91 Å². The van der Waals surface area contributed by atoms with Crippen molar-refractivity contribution in [2.24, 2.45) is 0 Å². The lowest BCUT2D eigenvalue weighted by Crippen LogP contribution is -3.00. The summed E-state index contributed by atoms with van der Waals surface area (Å²) < 4.78 is 5.82. The van der Waals surface area contributed by atoms with E-state index in [0.29, 0.717) is 6.61 Å². The monoisotopic (exact) mass is 353 g/mol. The van der Waals surface area contributed by atoms with E-state index >= 15 is 0 Å². The van der Waals surface area contributed by atoms with Crippen molar-refractivity contribution in [1.29, 1.82) is 0 Å². The van der Waals surface area contributed by atoms with Crippen LogP contribution in [-0.4, -0.2) is 54.0 Å². The Morgan fingerprint density at radius 3 is 2.38 bits per heavy atom. The summed E-state index contributed by atoms with van der Waals surface area (Å²) in [6.07, 6.45) is 3.70. The minimum Gasteiger partial charge on any atom is -1.00 e. The fourth-order valence-corrected chi connectivity index (χ4v) is 3.21. The van der Waals surface area contributed by atoms with Crippen LogP contribution in [0.4, 0.5) is 0 Å². The Bertz CT molecular complexity index is 478. The van der Waals surface area contributed by atoms with Gasteiger partial charge in [0.15, 0.2) is 0 Å². The number of ether oxygens (including phenoxy) is 1. The number of benzene rings is 1. The molecule has 1 aliphatic heterocycles. The lowest BCUT2D eigenvalue weighted by atomic mass is 10.1. The summed E-state index contributed by atoms with van der Waals surface area (Å²) in [5, 5.41) is 0. The zero-order valence-electron chi connectivity index (χ0n) is 15.1. The fourth-order valence-electron chi connectivity index (χ4n) is 3.21. The lowest BCUT2D eigenvalue weighted by Gasteiger charge is -2.36. The number of likely N-dealkylation sites (tertiary alicyclic amines) is 1. The number of nitrogens with zero attached hydrogens (tertiary/aromatic N) is 2. The fraction of sp³-hybridized carbons (Fsp3) is 0.632. The van der Waals surface area contributed by atoms with Gasteiger partial charge in [0.05, 0.1) is 12.1 Å². The van der Waals surface area contributed by atoms with Gasteiger partial charge in [0.25, 0.3) is 0 Å². The van der Waals surface area contributed by atoms with E-state index in [4.69, 9.17) is 4.74 Å². The maximum absolute atomic E-state index is 12.9. The Morgan fingerprint density at radius 1 is 1.17 bits per heavy atom. The van der Waals surface area contributed by atoms with Gasteiger partial charge in [0, 0.05) is 6.54 Å². The number of halogens is 1. The van der Waals surface area contributed by atoms with Gasteiger partial charge in [-0.3, -0.25) is 9.69 Å². The van der Waals surface area contributed by atoms with E-state index in [1.807, 2.05) is 49.1 Å². The summed E-state index contributed by atoms with van der Waals surface area (Å²) in [6.45, 7) is 9.47. The smallest absolute Gasteiger partial charge is 0.239 e. The summed E-state index contributed by atoms with van der Waals surface area (Å²) >= 11 is 0. The molecule has 2 atom stereocenters. The van der Waals surface area contributed by atoms with Crippen molar-refractivity contribution < 1.29 is 21.9 Å². The molecule has 1 amide bonds. The Labute approximate surface area is 152 Å². The normalized spacial score (nSPS) is 17.5. The number of likely N-dealkylation sites (N-methyl/N-ethyl adjacent to an activating group) is 1. The van der Waals surface area contributed by atoms with Crippen LogP contribution < -0.4 is 17.1 Å². The Morgan fingerprint density at radius 2 is 1.79 bits per heavy atom. The summed E-state index contributed by atoms with van der Waals surface area (Å²) in [4.78, 5) is 17.1. The van der Waals surface area contributed by atoms with Crippen LogP contribution in [0.15, 0.2) is 30.3 Å². The summed E-state index contributed by atoms with van der Waals surface area (Å²) in [5.74, 6) is 1.07. The van der Waals surface area contributed by atoms with Gasteiger partial charge in [0.2, 0.25) is 5.91 Å². The van der Waals surface area contributed by atoms with Crippen LogP contribution in [0.5, 0.6) is 5.75 Å². The topological polar surface area (TPSA) is 32.8 Å². The van der Waals surface area contributed by atoms with Crippen molar-refractivity contribution in [3.63, 3.8) is 0 Å². The van der Waals surface area contributed by atoms with Crippen molar-refractivity contribution in [2.45, 2.75) is 52.1 Å². The van der Waals surface area contributed by atoms with Gasteiger partial charge < -0.3 is 22.0 Å². The van der Waals surface area contributed by atoms with E-state index in [1.165, 1.54) is 19.3 Å². The first kappa shape index (κ1) is 20.8. The highest BCUT2D eigenvalue weighted by molar-refractivity contribution is 5.81. The number of hydrogen-bond acceptors (Lipinski definition) is 3. The summed E-state index contributed by atoms with van der Waals surface area (Å²) in [7, 11) is 0. The molecule has 0 radical (unpaired) electrons. The molecule has 1 aromatic carbocycles. The van der Waals surface area contributed by atoms with Crippen LogP contribution in [0.3, 0.4) is 0 Å². The Kier molecular flexibility index (Phi) is 9.16. The molecule has 1 saturated heterocycles. The number of rotatable bonds is 7. The van der Waals surface area contributed by atoms with Crippen molar-refractivity contribution in [1.82, 2.24) is 9.80 Å². The van der Waals surface area contributed by atoms with Crippen LogP contribution in [0.1, 0.15) is 40.0 Å². The average molecular weight is 354 g/mol. The van der Waals surface area contributed by atoms with E-state index in [9.17, 15) is 4.79 Å². The maximum atomic E-state index is 12.9. The molecule has 1 aromatic rings. The van der Waals surface area contributed by atoms with E-state index < -0.39 is 0 Å². The van der Waals surface area contributed by atoms with Crippen molar-refractivity contribution in [3.8, 4) is 5.75 Å². The summed E-state index contributed by atoms with van der Waals surface area (Å²) in [5.41, 5.74) is 0. The van der Waals surface area contributed by atoms with Crippen molar-refractivity contribution in [3.05, 3.63) is 30.3 Å². The minimum absolute atomic E-state index is 0. The molecule has 0 bridgehead atoms. The molecule has 1 fully saturated rings. The zero-order valence-corrected chi connectivity index (χ0v) is 15.8. The highest BCUT2D eigenvalue weighted by atomic mass is 35.5. The molecule has 0 aromatic heterocycles. The third kappa shape index (κ3) is 5.67. The molecule has 1 heterocycles. The second-order valence-electron chi connectivity index (χ2n) is 6.37. The number of hydrogen-bond donors (Lipinski definition) is 0. The van der Waals surface area contributed by atoms with Gasteiger partial charge in [-0.05, 0) is 58.8 Å². The van der Waals surface area contributed by atoms with E-state index in [2.05, 4.69) is 11.8 Å². The first-order chi connectivity index (χ1) is 11.1. The highest BCUT2D eigenvalue weighted by Gasteiger charge is 2.28. The SMILES string of the molecule is CCN(C(=O)C(C)N1CCCCC1)C(C)COc1ccccc1.[Cl-]. The number of amides is 1. The zero-order chi connectivity index (χ0) is 16.7. The Hall–Kier alpha value is -1.26. The van der Waals surface area contributed by atoms with E-state index in [1.54, 1.807) is 0 Å². The van der Waals surface area contributed by atoms with Crippen LogP contribution in [0, 0.1) is 0 Å². The number of carbonyl (C=O) groups excluding carboxylic acids is 1. The van der Waals surface area contributed by atoms with Crippen LogP contribution >= 0.6 is 0 Å². The molecule has 4 nitrogen and oxygen atoms in total. The molecule has 0 aliphatic carbocycles. The second kappa shape index (κ2) is 10.6. The van der Waals surface area contributed by atoms with Crippen LogP contribution in [0.25, 0.3) is 0 Å². The second-order valence-corrected chi connectivity index (χ2v) is 6.37. The quantitative estimate of drug-likeness (QED) is 0.701. The Balaban J connectivity index is 0.00000288. The third-order valence-corrected chi connectivity index (χ3v) is 4.69. The van der Waals surface area contributed by atoms with Crippen LogP contribution in [-0.2, 0) is 4.79 Å². The first-order valence-corrected chi connectivity index (χ1v) is 8.86. The predicted molar refractivity (Wildman–Crippen MR) is 93.7 cm³/mol. The molecular formula is C19H30ClN2O2-. The molecule has 0 N–H and O–H groups in total. The molecule has 24 heavy (non-hydrogen) atoms. The van der Waals surface area contributed by atoms with E-state index in [-0.39, 0.29) is 30.4 Å². The number of carbonyl (C=O) groups is 1. The van der Waals surface area contributed by atoms with Gasteiger partial charge in [-0.25, -0.2) is 0 Å². The third-order valence-electron chi connectivity index (χ3n) is 4.69. The van der Waals surface area contributed by atoms with Gasteiger partial charge >= 0.3 is 0 Å². The molecular weight excluding hydrogens is 324 g/mol. The first-order valence-electron chi connectivity index (χ1n) is 8.86. The molecule has 1 aliphatic rings. The predicted octanol–water partition coefficient (Wildman–Crippen LogP) is 0.181. The maximum Gasteiger partial charge on any atom is 0.239 e. The number of piperidine rings is 1. The minimum atomic E-state index is -0.0329. The largest absolute Gasteiger partial charge is 1.00 e. The van der Waals surface area contributed by atoms with Gasteiger partial charge in [-0.2, -0.15) is 0 Å². The number of para-hydroxylation sites is 1. The van der Waals surface area contributed by atoms with Gasteiger partial charge in [-0.1, -0.05) is 24.6 Å². The van der Waals surface area contributed by atoms with E-state index in [0.717, 1.165) is 25.4 Å². The molecule has 2 rings (SSSR count). The van der Waals surface area contributed by atoms with Gasteiger partial charge in [0.1, 0.15) is 12.4 Å². The average Bonchev–Trinajstić information content (AvgIpc) is 2.61. The molecule has 5 heteroatoms. The van der Waals surface area contributed by atoms with Crippen LogP contribution in [0.2, 0.25) is 0 Å². The molecule has 0 saturated carbocycles.